The Kier molecular flexibility index (Phi) is 8.42. The van der Waals surface area contributed by atoms with Gasteiger partial charge in [-0.3, -0.25) is 29.1 Å². The van der Waals surface area contributed by atoms with Gasteiger partial charge in [0.05, 0.1) is 25.5 Å². The average molecular weight is 551 g/mol. The summed E-state index contributed by atoms with van der Waals surface area (Å²) in [6.45, 7) is -0.759. The number of aromatic amines is 1. The number of fused-ring (bicyclic) bond motifs is 1. The molecule has 3 aromatic rings. The molecule has 206 valence electrons. The number of aliphatic carboxylic acids is 1. The first-order valence-electron chi connectivity index (χ1n) is 10.9. The molecule has 1 unspecified atom stereocenters. The van der Waals surface area contributed by atoms with Crippen molar-refractivity contribution in [2.24, 2.45) is 0 Å². The molecule has 5 N–H and O–H groups in total. The van der Waals surface area contributed by atoms with Gasteiger partial charge >= 0.3 is 24.0 Å². The molecule has 39 heavy (non-hydrogen) atoms. The molecule has 2 heterocycles. The molecule has 17 heteroatoms. The van der Waals surface area contributed by atoms with Gasteiger partial charge in [0.15, 0.2) is 11.2 Å². The van der Waals surface area contributed by atoms with Crippen LogP contribution in [0.25, 0.3) is 11.2 Å². The van der Waals surface area contributed by atoms with Gasteiger partial charge in [-0.15, -0.1) is 0 Å². The summed E-state index contributed by atoms with van der Waals surface area (Å²) < 4.78 is 44.5. The second kappa shape index (κ2) is 11.5. The lowest BCUT2D eigenvalue weighted by molar-refractivity contribution is -0.170. The Balaban J connectivity index is 1.86. The second-order valence-electron chi connectivity index (χ2n) is 7.90. The number of rotatable bonds is 9. The number of carboxylic acid groups (broad SMARTS) is 1. The highest BCUT2D eigenvalue weighted by molar-refractivity contribution is 5.99. The van der Waals surface area contributed by atoms with E-state index in [1.54, 1.807) is 0 Å². The molecule has 14 nitrogen and oxygen atoms in total. The minimum atomic E-state index is -5.29. The molecule has 3 rings (SSSR count). The van der Waals surface area contributed by atoms with Crippen LogP contribution in [0.4, 0.5) is 24.8 Å². The third kappa shape index (κ3) is 7.02. The lowest BCUT2D eigenvalue weighted by atomic mass is 10.1. The molecule has 2 aromatic heterocycles. The number of amides is 2. The third-order valence-electron chi connectivity index (χ3n) is 5.20. The summed E-state index contributed by atoms with van der Waals surface area (Å²) >= 11 is 0. The number of nitrogens with zero attached hydrogens (tertiary/aromatic N) is 4. The summed E-state index contributed by atoms with van der Waals surface area (Å²) in [6, 6.07) is 2.77. The van der Waals surface area contributed by atoms with E-state index in [9.17, 15) is 42.3 Å². The zero-order valence-corrected chi connectivity index (χ0v) is 20.0. The fourth-order valence-electron chi connectivity index (χ4n) is 3.30. The summed E-state index contributed by atoms with van der Waals surface area (Å²) in [6.07, 6.45) is -4.82. The summed E-state index contributed by atoms with van der Waals surface area (Å²) in [5.41, 5.74) is 3.55. The molecule has 0 saturated carbocycles. The van der Waals surface area contributed by atoms with E-state index in [2.05, 4.69) is 30.0 Å². The van der Waals surface area contributed by atoms with Gasteiger partial charge in [-0.25, -0.2) is 14.8 Å². The van der Waals surface area contributed by atoms with Gasteiger partial charge in [0, 0.05) is 17.7 Å². The fourth-order valence-corrected chi connectivity index (χ4v) is 3.30. The molecule has 0 fully saturated rings. The van der Waals surface area contributed by atoms with Gasteiger partial charge in [0.1, 0.15) is 6.04 Å². The number of hydrogen-bond donors (Lipinski definition) is 4. The number of nitrogens with one attached hydrogen (secondary N) is 2. The number of esters is 1. The van der Waals surface area contributed by atoms with Crippen LogP contribution in [-0.2, 0) is 25.7 Å². The highest BCUT2D eigenvalue weighted by Gasteiger charge is 2.43. The fraction of sp³-hybridized carbons (Fsp3) is 0.273. The lowest BCUT2D eigenvalue weighted by Crippen LogP contribution is -2.41. The normalized spacial score (nSPS) is 12.0. The molecule has 0 aliphatic carbocycles. The molecule has 1 aromatic carbocycles. The Morgan fingerprint density at radius 3 is 2.44 bits per heavy atom. The number of halogens is 3. The molecular formula is C22H20F3N7O7. The summed E-state index contributed by atoms with van der Waals surface area (Å²) in [4.78, 5) is 73.5. The van der Waals surface area contributed by atoms with E-state index in [0.717, 1.165) is 37.6 Å². The number of H-pyrrole nitrogens is 1. The predicted octanol–water partition coefficient (Wildman–Crippen LogP) is 0.527. The van der Waals surface area contributed by atoms with Crippen molar-refractivity contribution in [2.45, 2.75) is 31.6 Å². The van der Waals surface area contributed by atoms with Crippen molar-refractivity contribution in [3.63, 3.8) is 0 Å². The van der Waals surface area contributed by atoms with Crippen molar-refractivity contribution < 1.29 is 42.2 Å². The zero-order valence-electron chi connectivity index (χ0n) is 20.0. The number of nitrogen functional groups attached to an aromatic ring is 1. The van der Waals surface area contributed by atoms with Crippen LogP contribution in [0.1, 0.15) is 28.9 Å². The van der Waals surface area contributed by atoms with Crippen LogP contribution in [0.2, 0.25) is 0 Å². The molecule has 2 amide bonds. The number of hydrogen-bond acceptors (Lipinski definition) is 10. The van der Waals surface area contributed by atoms with Gasteiger partial charge in [-0.05, 0) is 30.7 Å². The Bertz CT molecular complexity index is 1480. The number of alkyl halides is 3. The average Bonchev–Trinajstić information content (AvgIpc) is 2.88. The first-order chi connectivity index (χ1) is 18.3. The third-order valence-corrected chi connectivity index (χ3v) is 5.20. The van der Waals surface area contributed by atoms with Crippen molar-refractivity contribution in [3.05, 3.63) is 52.1 Å². The van der Waals surface area contributed by atoms with E-state index >= 15 is 0 Å². The number of carbonyl (C=O) groups excluding carboxylic acids is 3. The number of benzene rings is 1. The van der Waals surface area contributed by atoms with Gasteiger partial charge < -0.3 is 20.9 Å². The van der Waals surface area contributed by atoms with E-state index in [-0.39, 0.29) is 46.9 Å². The van der Waals surface area contributed by atoms with E-state index in [0.29, 0.717) is 4.90 Å². The molecule has 0 bridgehead atoms. The van der Waals surface area contributed by atoms with Gasteiger partial charge in [0.25, 0.3) is 11.5 Å². The second-order valence-corrected chi connectivity index (χ2v) is 7.90. The number of nitrogens with two attached hydrogens (primary N) is 1. The zero-order chi connectivity index (χ0) is 28.9. The minimum absolute atomic E-state index is 0.136. The Labute approximate surface area is 216 Å². The minimum Gasteiger partial charge on any atom is -0.480 e. The number of anilines is 2. The van der Waals surface area contributed by atoms with Crippen LogP contribution in [-0.4, -0.2) is 68.1 Å². The number of carbonyl (C=O) groups is 4. The SMILES string of the molecule is COC(=O)CCC(NC(=O)c1ccc(N(Cc2cnc3nc(N)[nH]c(=O)c3n2)C(=O)C(F)(F)F)cc1)C(=O)O. The van der Waals surface area contributed by atoms with Crippen molar-refractivity contribution in [2.75, 3.05) is 17.7 Å². The summed E-state index contributed by atoms with van der Waals surface area (Å²) in [7, 11) is 1.12. The highest BCUT2D eigenvalue weighted by Crippen LogP contribution is 2.26. The molecule has 0 aliphatic heterocycles. The van der Waals surface area contributed by atoms with Crippen LogP contribution in [0.5, 0.6) is 0 Å². The van der Waals surface area contributed by atoms with Crippen LogP contribution in [0, 0.1) is 0 Å². The molecule has 0 saturated heterocycles. The van der Waals surface area contributed by atoms with Crippen LogP contribution < -0.4 is 21.5 Å². The van der Waals surface area contributed by atoms with Crippen LogP contribution in [0.15, 0.2) is 35.3 Å². The van der Waals surface area contributed by atoms with Crippen molar-refractivity contribution in [3.8, 4) is 0 Å². The van der Waals surface area contributed by atoms with Crippen molar-refractivity contribution in [1.29, 1.82) is 0 Å². The Morgan fingerprint density at radius 2 is 1.85 bits per heavy atom. The molecular weight excluding hydrogens is 531 g/mol. The predicted molar refractivity (Wildman–Crippen MR) is 126 cm³/mol. The smallest absolute Gasteiger partial charge is 0.471 e. The summed E-state index contributed by atoms with van der Waals surface area (Å²) in [5, 5.41) is 11.5. The van der Waals surface area contributed by atoms with Crippen molar-refractivity contribution in [1.82, 2.24) is 25.3 Å². The number of methoxy groups -OCH3 is 1. The highest BCUT2D eigenvalue weighted by atomic mass is 19.4. The summed E-state index contributed by atoms with van der Waals surface area (Å²) in [5.74, 6) is -5.50. The number of ether oxygens (including phenoxy) is 1. The largest absolute Gasteiger partial charge is 0.480 e. The van der Waals surface area contributed by atoms with E-state index in [4.69, 9.17) is 5.73 Å². The molecule has 1 atom stereocenters. The monoisotopic (exact) mass is 551 g/mol. The van der Waals surface area contributed by atoms with E-state index < -0.39 is 48.1 Å². The maximum absolute atomic E-state index is 13.4. The van der Waals surface area contributed by atoms with E-state index in [1.807, 2.05) is 0 Å². The van der Waals surface area contributed by atoms with Crippen molar-refractivity contribution >= 4 is 46.6 Å². The molecule has 0 spiro atoms. The molecule has 0 radical (unpaired) electrons. The Hall–Kier alpha value is -5.09. The standard InChI is InChI=1S/C22H20F3N7O7/c1-39-14(33)7-6-13(19(36)37)29-17(34)10-2-4-12(5-3-10)32(20(38)22(23,24)25)9-11-8-27-16-15(28-11)18(35)31-21(26)30-16/h2-5,8,13H,6-7,9H2,1H3,(H,29,34)(H,36,37)(H3,26,27,30,31,35). The Morgan fingerprint density at radius 1 is 1.18 bits per heavy atom. The first kappa shape index (κ1) is 28.5. The topological polar surface area (TPSA) is 211 Å². The maximum Gasteiger partial charge on any atom is 0.471 e. The number of aromatic nitrogens is 4. The maximum atomic E-state index is 13.4. The van der Waals surface area contributed by atoms with Gasteiger partial charge in [-0.1, -0.05) is 0 Å². The van der Waals surface area contributed by atoms with Gasteiger partial charge in [0.2, 0.25) is 5.95 Å². The van der Waals surface area contributed by atoms with E-state index in [1.165, 1.54) is 0 Å². The van der Waals surface area contributed by atoms with Gasteiger partial charge in [-0.2, -0.15) is 18.2 Å². The first-order valence-corrected chi connectivity index (χ1v) is 10.9. The number of carboxylic acids is 1. The van der Waals surface area contributed by atoms with Crippen LogP contribution >= 0.6 is 0 Å². The van der Waals surface area contributed by atoms with Crippen LogP contribution in [0.3, 0.4) is 0 Å². The lowest BCUT2D eigenvalue weighted by Gasteiger charge is -2.24. The quantitative estimate of drug-likeness (QED) is 0.269. The molecule has 0 aliphatic rings.